The molecule has 4 aromatic rings. The Morgan fingerprint density at radius 1 is 0.958 bits per heavy atom. The normalized spacial score (nSPS) is 26.7. The van der Waals surface area contributed by atoms with Gasteiger partial charge in [-0.1, -0.05) is 31.7 Å². The molecule has 0 amide bonds. The monoisotopic (exact) mass is 661 g/mol. The maximum absolute atomic E-state index is 17.0. The summed E-state index contributed by atoms with van der Waals surface area (Å²) in [4.78, 5) is 18.1. The largest absolute Gasteiger partial charge is 0.508 e. The standard InChI is InChI=1S/C37H42F3N5O3/c38-24-18-36(11-6-15-45(36)20-24)22-48-35-42-33-28-19-41-32(31(33)40)27-17-25(46)16-23-9-10-29(39)26(30(23)27)8-4-2-1-3-5-12-37(47)13-7-14-44(21-37)34(28)43-35/h9-10,16-17,19,24,46-47H,1-8,11-15,18,20-22H2/t24-,36?,37?/m1/s1. The van der Waals surface area contributed by atoms with Gasteiger partial charge in [0.05, 0.1) is 16.5 Å². The fourth-order valence-corrected chi connectivity index (χ4v) is 8.88. The van der Waals surface area contributed by atoms with Crippen LogP contribution in [-0.4, -0.2) is 80.2 Å². The smallest absolute Gasteiger partial charge is 0.319 e. The van der Waals surface area contributed by atoms with E-state index in [2.05, 4.69) is 14.9 Å². The van der Waals surface area contributed by atoms with Gasteiger partial charge in [-0.15, -0.1) is 0 Å². The lowest BCUT2D eigenvalue weighted by molar-refractivity contribution is 0.0151. The minimum atomic E-state index is -0.925. The molecule has 2 aromatic carbocycles. The summed E-state index contributed by atoms with van der Waals surface area (Å²) in [6.07, 6.45) is 9.68. The van der Waals surface area contributed by atoms with Gasteiger partial charge in [-0.25, -0.2) is 13.2 Å². The number of fused-ring (bicyclic) bond motifs is 8. The molecule has 2 N–H and O–H groups in total. The highest BCUT2D eigenvalue weighted by Gasteiger charge is 2.49. The highest BCUT2D eigenvalue weighted by molar-refractivity contribution is 6.01. The number of anilines is 1. The number of rotatable bonds is 3. The Morgan fingerprint density at radius 2 is 1.77 bits per heavy atom. The summed E-state index contributed by atoms with van der Waals surface area (Å²) in [5, 5.41) is 23.9. The highest BCUT2D eigenvalue weighted by Crippen LogP contribution is 2.42. The van der Waals surface area contributed by atoms with Gasteiger partial charge in [0.2, 0.25) is 0 Å². The average Bonchev–Trinajstić information content (AvgIpc) is 3.59. The number of phenols is 1. The fraction of sp³-hybridized carbons (Fsp3) is 0.541. The van der Waals surface area contributed by atoms with E-state index < -0.39 is 23.1 Å². The number of phenolic OH excluding ortho intramolecular Hbond substituents is 1. The number of benzene rings is 2. The second-order valence-corrected chi connectivity index (χ2v) is 14.5. The van der Waals surface area contributed by atoms with Crippen molar-refractivity contribution in [3.63, 3.8) is 0 Å². The lowest BCUT2D eigenvalue weighted by Crippen LogP contribution is -2.48. The summed E-state index contributed by atoms with van der Waals surface area (Å²) < 4.78 is 53.3. The van der Waals surface area contributed by atoms with Crippen molar-refractivity contribution in [3.8, 4) is 23.0 Å². The molecule has 2 aromatic heterocycles. The lowest BCUT2D eigenvalue weighted by Gasteiger charge is -2.40. The van der Waals surface area contributed by atoms with Gasteiger partial charge in [0.25, 0.3) is 0 Å². The molecule has 3 saturated heterocycles. The first kappa shape index (κ1) is 31.6. The zero-order valence-electron chi connectivity index (χ0n) is 27.2. The quantitative estimate of drug-likeness (QED) is 0.242. The van der Waals surface area contributed by atoms with Crippen LogP contribution in [0.2, 0.25) is 0 Å². The Balaban J connectivity index is 1.30. The number of hydrogen-bond donors (Lipinski definition) is 2. The number of hydrogen-bond acceptors (Lipinski definition) is 8. The molecule has 7 heterocycles. The molecule has 5 aliphatic rings. The van der Waals surface area contributed by atoms with Gasteiger partial charge in [-0.3, -0.25) is 9.88 Å². The van der Waals surface area contributed by atoms with Crippen molar-refractivity contribution in [2.75, 3.05) is 37.7 Å². The summed E-state index contributed by atoms with van der Waals surface area (Å²) in [6.45, 7) is 2.32. The molecular weight excluding hydrogens is 619 g/mol. The molecule has 254 valence electrons. The van der Waals surface area contributed by atoms with Crippen molar-refractivity contribution in [1.82, 2.24) is 19.9 Å². The van der Waals surface area contributed by atoms with Crippen molar-refractivity contribution < 1.29 is 28.1 Å². The summed E-state index contributed by atoms with van der Waals surface area (Å²) in [6, 6.07) is 5.98. The number of pyridine rings is 1. The number of ether oxygens (including phenoxy) is 1. The third-order valence-corrected chi connectivity index (χ3v) is 11.2. The van der Waals surface area contributed by atoms with Crippen LogP contribution in [0, 0.1) is 11.6 Å². The Hall–Kier alpha value is -3.70. The van der Waals surface area contributed by atoms with Crippen LogP contribution in [0.1, 0.15) is 76.2 Å². The zero-order chi connectivity index (χ0) is 33.0. The summed E-state index contributed by atoms with van der Waals surface area (Å²) in [5.74, 6) is -0.769. The zero-order valence-corrected chi connectivity index (χ0v) is 27.2. The fourth-order valence-electron chi connectivity index (χ4n) is 8.88. The topological polar surface area (TPSA) is 94.8 Å². The second-order valence-electron chi connectivity index (χ2n) is 14.5. The Bertz CT molecular complexity index is 1880. The Labute approximate surface area is 278 Å². The molecule has 2 unspecified atom stereocenters. The molecule has 0 spiro atoms. The van der Waals surface area contributed by atoms with Gasteiger partial charge < -0.3 is 19.8 Å². The maximum Gasteiger partial charge on any atom is 0.319 e. The van der Waals surface area contributed by atoms with E-state index in [1.54, 1.807) is 12.1 Å². The van der Waals surface area contributed by atoms with E-state index in [1.165, 1.54) is 18.3 Å². The SMILES string of the molecule is Oc1cc2c3c(c(F)ccc3c1)CCCCCCCC1(O)CCCN(C1)c1nc(OCC34CCCN3C[C@H](F)C4)nc3c(F)c-2ncc13. The Morgan fingerprint density at radius 3 is 2.67 bits per heavy atom. The van der Waals surface area contributed by atoms with Crippen molar-refractivity contribution in [2.24, 2.45) is 0 Å². The first-order valence-corrected chi connectivity index (χ1v) is 17.5. The van der Waals surface area contributed by atoms with Crippen LogP contribution < -0.4 is 9.64 Å². The number of piperidine rings is 1. The molecule has 11 heteroatoms. The van der Waals surface area contributed by atoms with Gasteiger partial charge in [-0.2, -0.15) is 9.97 Å². The number of nitrogens with zero attached hydrogens (tertiary/aromatic N) is 5. The first-order valence-electron chi connectivity index (χ1n) is 17.5. The van der Waals surface area contributed by atoms with Crippen LogP contribution in [0.4, 0.5) is 19.0 Å². The second kappa shape index (κ2) is 12.3. The summed E-state index contributed by atoms with van der Waals surface area (Å²) in [5.41, 5.74) is -0.686. The number of aliphatic hydroxyl groups is 1. The van der Waals surface area contributed by atoms with Gasteiger partial charge >= 0.3 is 6.01 Å². The van der Waals surface area contributed by atoms with Crippen molar-refractivity contribution >= 4 is 27.5 Å². The molecule has 0 aliphatic carbocycles. The molecular formula is C37H42F3N5O3. The molecule has 0 radical (unpaired) electrons. The number of aryl methyl sites for hydroxylation is 1. The molecule has 3 fully saturated rings. The van der Waals surface area contributed by atoms with Crippen LogP contribution in [-0.2, 0) is 6.42 Å². The predicted octanol–water partition coefficient (Wildman–Crippen LogP) is 7.01. The van der Waals surface area contributed by atoms with Crippen molar-refractivity contribution in [3.05, 3.63) is 47.7 Å². The van der Waals surface area contributed by atoms with E-state index in [0.29, 0.717) is 72.9 Å². The van der Waals surface area contributed by atoms with Crippen LogP contribution >= 0.6 is 0 Å². The van der Waals surface area contributed by atoms with Gasteiger partial charge in [-0.05, 0) is 86.0 Å². The van der Waals surface area contributed by atoms with Crippen LogP contribution in [0.5, 0.6) is 11.8 Å². The minimum Gasteiger partial charge on any atom is -0.508 e. The average molecular weight is 662 g/mol. The minimum absolute atomic E-state index is 0.0137. The van der Waals surface area contributed by atoms with E-state index >= 15 is 8.78 Å². The highest BCUT2D eigenvalue weighted by atomic mass is 19.1. The van der Waals surface area contributed by atoms with E-state index in [-0.39, 0.29) is 41.0 Å². The van der Waals surface area contributed by atoms with E-state index in [1.807, 2.05) is 4.90 Å². The molecule has 3 atom stereocenters. The lowest BCUT2D eigenvalue weighted by atomic mass is 9.87. The number of alkyl halides is 1. The number of aromatic nitrogens is 3. The van der Waals surface area contributed by atoms with Crippen LogP contribution in [0.3, 0.4) is 0 Å². The third-order valence-electron chi connectivity index (χ3n) is 11.2. The first-order chi connectivity index (χ1) is 23.2. The predicted molar refractivity (Wildman–Crippen MR) is 178 cm³/mol. The van der Waals surface area contributed by atoms with Crippen LogP contribution in [0.25, 0.3) is 32.9 Å². The molecule has 48 heavy (non-hydrogen) atoms. The molecule has 0 saturated carbocycles. The van der Waals surface area contributed by atoms with E-state index in [0.717, 1.165) is 57.9 Å². The van der Waals surface area contributed by atoms with Gasteiger partial charge in [0.15, 0.2) is 5.82 Å². The molecule has 8 nitrogen and oxygen atoms in total. The number of aromatic hydroxyl groups is 1. The van der Waals surface area contributed by atoms with Crippen molar-refractivity contribution in [2.45, 2.75) is 94.4 Å². The van der Waals surface area contributed by atoms with Crippen LogP contribution in [0.15, 0.2) is 30.5 Å². The molecule has 6 bridgehead atoms. The van der Waals surface area contributed by atoms with Crippen molar-refractivity contribution in [1.29, 1.82) is 0 Å². The van der Waals surface area contributed by atoms with E-state index in [9.17, 15) is 14.6 Å². The number of halogens is 3. The summed E-state index contributed by atoms with van der Waals surface area (Å²) >= 11 is 0. The third kappa shape index (κ3) is 5.62. The molecule has 9 rings (SSSR count). The summed E-state index contributed by atoms with van der Waals surface area (Å²) in [7, 11) is 0. The Kier molecular flexibility index (Phi) is 8.10. The van der Waals surface area contributed by atoms with Gasteiger partial charge in [0.1, 0.15) is 41.4 Å². The van der Waals surface area contributed by atoms with E-state index in [4.69, 9.17) is 9.72 Å². The molecule has 5 aliphatic heterocycles. The maximum atomic E-state index is 17.0. The van der Waals surface area contributed by atoms with Gasteiger partial charge in [0, 0.05) is 37.8 Å².